The van der Waals surface area contributed by atoms with Gasteiger partial charge in [0.2, 0.25) is 0 Å². The van der Waals surface area contributed by atoms with Gasteiger partial charge < -0.3 is 5.32 Å². The molecule has 0 spiro atoms. The lowest BCUT2D eigenvalue weighted by molar-refractivity contribution is 0.209. The van der Waals surface area contributed by atoms with Gasteiger partial charge in [0.15, 0.2) is 0 Å². The maximum Gasteiger partial charge on any atom is 0.123 e. The predicted molar refractivity (Wildman–Crippen MR) is 92.6 cm³/mol. The monoisotopic (exact) mass is 330 g/mol. The van der Waals surface area contributed by atoms with Crippen LogP contribution in [0.15, 0.2) is 48.5 Å². The maximum atomic E-state index is 13.1. The topological polar surface area (TPSA) is 15.3 Å². The SMILES string of the molecule is Fc1ccc(CN(Cc2ccc(F)cc2)C[C@H]2CCCCN2)cc1. The van der Waals surface area contributed by atoms with Gasteiger partial charge in [-0.2, -0.15) is 0 Å². The van der Waals surface area contributed by atoms with Crippen LogP contribution in [0.3, 0.4) is 0 Å². The average Bonchev–Trinajstić information content (AvgIpc) is 2.60. The lowest BCUT2D eigenvalue weighted by Gasteiger charge is -2.31. The summed E-state index contributed by atoms with van der Waals surface area (Å²) in [7, 11) is 0. The van der Waals surface area contributed by atoms with Gasteiger partial charge in [-0.05, 0) is 54.8 Å². The van der Waals surface area contributed by atoms with E-state index in [4.69, 9.17) is 0 Å². The third-order valence-electron chi connectivity index (χ3n) is 4.53. The van der Waals surface area contributed by atoms with E-state index in [0.717, 1.165) is 37.3 Å². The molecule has 1 saturated heterocycles. The Morgan fingerprint density at radius 2 is 1.38 bits per heavy atom. The third kappa shape index (κ3) is 5.11. The summed E-state index contributed by atoms with van der Waals surface area (Å²) in [6.07, 6.45) is 3.69. The fourth-order valence-electron chi connectivity index (χ4n) is 3.27. The summed E-state index contributed by atoms with van der Waals surface area (Å²) < 4.78 is 26.2. The fourth-order valence-corrected chi connectivity index (χ4v) is 3.27. The van der Waals surface area contributed by atoms with E-state index in [0.29, 0.717) is 6.04 Å². The van der Waals surface area contributed by atoms with Crippen molar-refractivity contribution in [3.63, 3.8) is 0 Å². The first-order chi connectivity index (χ1) is 11.7. The van der Waals surface area contributed by atoms with Crippen molar-refractivity contribution in [1.82, 2.24) is 10.2 Å². The molecule has 2 nitrogen and oxygen atoms in total. The van der Waals surface area contributed by atoms with Crippen LogP contribution in [0.25, 0.3) is 0 Å². The number of nitrogens with one attached hydrogen (secondary N) is 1. The molecule has 0 unspecified atom stereocenters. The average molecular weight is 330 g/mol. The highest BCUT2D eigenvalue weighted by Gasteiger charge is 2.17. The third-order valence-corrected chi connectivity index (χ3v) is 4.53. The van der Waals surface area contributed by atoms with Crippen molar-refractivity contribution < 1.29 is 8.78 Å². The molecule has 24 heavy (non-hydrogen) atoms. The molecule has 1 N–H and O–H groups in total. The summed E-state index contributed by atoms with van der Waals surface area (Å²) in [5.74, 6) is -0.421. The quantitative estimate of drug-likeness (QED) is 0.857. The van der Waals surface area contributed by atoms with Gasteiger partial charge in [-0.25, -0.2) is 8.78 Å². The van der Waals surface area contributed by atoms with Crippen LogP contribution < -0.4 is 5.32 Å². The molecule has 0 radical (unpaired) electrons. The molecule has 3 rings (SSSR count). The van der Waals surface area contributed by atoms with Gasteiger partial charge in [-0.3, -0.25) is 4.90 Å². The molecule has 128 valence electrons. The summed E-state index contributed by atoms with van der Waals surface area (Å²) in [6.45, 7) is 3.53. The lowest BCUT2D eigenvalue weighted by Crippen LogP contribution is -2.43. The fraction of sp³-hybridized carbons (Fsp3) is 0.400. The highest BCUT2D eigenvalue weighted by Crippen LogP contribution is 2.15. The Hall–Kier alpha value is -1.78. The van der Waals surface area contributed by atoms with E-state index < -0.39 is 0 Å². The molecule has 0 aromatic heterocycles. The van der Waals surface area contributed by atoms with Crippen LogP contribution in [-0.4, -0.2) is 24.0 Å². The van der Waals surface area contributed by atoms with E-state index in [2.05, 4.69) is 10.2 Å². The van der Waals surface area contributed by atoms with Crippen LogP contribution >= 0.6 is 0 Å². The number of halogens is 2. The van der Waals surface area contributed by atoms with Crippen molar-refractivity contribution in [2.45, 2.75) is 38.4 Å². The molecule has 2 aromatic carbocycles. The Morgan fingerprint density at radius 1 is 0.833 bits per heavy atom. The zero-order chi connectivity index (χ0) is 16.8. The summed E-state index contributed by atoms with van der Waals surface area (Å²) >= 11 is 0. The summed E-state index contributed by atoms with van der Waals surface area (Å²) in [5.41, 5.74) is 2.18. The number of hydrogen-bond acceptors (Lipinski definition) is 2. The van der Waals surface area contributed by atoms with Crippen molar-refractivity contribution in [1.29, 1.82) is 0 Å². The van der Waals surface area contributed by atoms with E-state index in [1.807, 2.05) is 24.3 Å². The highest BCUT2D eigenvalue weighted by molar-refractivity contribution is 5.18. The van der Waals surface area contributed by atoms with Gasteiger partial charge in [0.05, 0.1) is 0 Å². The Kier molecular flexibility index (Phi) is 5.94. The van der Waals surface area contributed by atoms with Gasteiger partial charge in [0.1, 0.15) is 11.6 Å². The molecule has 2 aromatic rings. The largest absolute Gasteiger partial charge is 0.313 e. The molecule has 1 heterocycles. The van der Waals surface area contributed by atoms with E-state index in [1.165, 1.54) is 43.5 Å². The zero-order valence-corrected chi connectivity index (χ0v) is 13.8. The molecule has 0 aliphatic carbocycles. The lowest BCUT2D eigenvalue weighted by atomic mass is 10.0. The van der Waals surface area contributed by atoms with Crippen molar-refractivity contribution in [3.8, 4) is 0 Å². The Morgan fingerprint density at radius 3 is 1.83 bits per heavy atom. The number of piperidine rings is 1. The van der Waals surface area contributed by atoms with Crippen LogP contribution in [-0.2, 0) is 13.1 Å². The van der Waals surface area contributed by atoms with Crippen LogP contribution in [0.5, 0.6) is 0 Å². The molecule has 4 heteroatoms. The maximum absolute atomic E-state index is 13.1. The van der Waals surface area contributed by atoms with Gasteiger partial charge in [0, 0.05) is 25.7 Å². The molecule has 1 aliphatic rings. The van der Waals surface area contributed by atoms with E-state index in [-0.39, 0.29) is 11.6 Å². The summed E-state index contributed by atoms with van der Waals surface area (Å²) in [6, 6.07) is 13.8. The van der Waals surface area contributed by atoms with Crippen LogP contribution in [0.1, 0.15) is 30.4 Å². The first-order valence-corrected chi connectivity index (χ1v) is 8.64. The number of rotatable bonds is 6. The number of hydrogen-bond donors (Lipinski definition) is 1. The van der Waals surface area contributed by atoms with Crippen molar-refractivity contribution >= 4 is 0 Å². The second-order valence-corrected chi connectivity index (χ2v) is 6.57. The summed E-state index contributed by atoms with van der Waals surface area (Å²) in [4.78, 5) is 2.35. The molecule has 0 bridgehead atoms. The van der Waals surface area contributed by atoms with Crippen LogP contribution in [0.2, 0.25) is 0 Å². The Bertz CT molecular complexity index is 572. The first kappa shape index (κ1) is 17.1. The predicted octanol–water partition coefficient (Wildman–Crippen LogP) is 4.11. The summed E-state index contributed by atoms with van der Waals surface area (Å²) in [5, 5.41) is 3.58. The van der Waals surface area contributed by atoms with Crippen molar-refractivity contribution in [3.05, 3.63) is 71.3 Å². The minimum Gasteiger partial charge on any atom is -0.313 e. The van der Waals surface area contributed by atoms with Gasteiger partial charge >= 0.3 is 0 Å². The van der Waals surface area contributed by atoms with Crippen molar-refractivity contribution in [2.24, 2.45) is 0 Å². The van der Waals surface area contributed by atoms with Crippen molar-refractivity contribution in [2.75, 3.05) is 13.1 Å². The molecule has 0 saturated carbocycles. The van der Waals surface area contributed by atoms with E-state index in [9.17, 15) is 8.78 Å². The minimum atomic E-state index is -0.210. The van der Waals surface area contributed by atoms with Crippen LogP contribution in [0.4, 0.5) is 8.78 Å². The normalized spacial score (nSPS) is 18.0. The minimum absolute atomic E-state index is 0.210. The molecule has 1 fully saturated rings. The Labute approximate surface area is 142 Å². The standard InChI is InChI=1S/C20H24F2N2/c21-18-8-4-16(5-9-18)13-24(15-20-3-1-2-12-23-20)14-17-6-10-19(22)11-7-17/h4-11,20,23H,1-3,12-15H2/t20-/m1/s1. The van der Waals surface area contributed by atoms with Gasteiger partial charge in [-0.15, -0.1) is 0 Å². The second kappa shape index (κ2) is 8.36. The second-order valence-electron chi connectivity index (χ2n) is 6.57. The number of nitrogens with zero attached hydrogens (tertiary/aromatic N) is 1. The van der Waals surface area contributed by atoms with Gasteiger partial charge in [-0.1, -0.05) is 30.7 Å². The molecule has 1 atom stereocenters. The smallest absolute Gasteiger partial charge is 0.123 e. The molecular weight excluding hydrogens is 306 g/mol. The zero-order valence-electron chi connectivity index (χ0n) is 13.8. The van der Waals surface area contributed by atoms with E-state index in [1.54, 1.807) is 0 Å². The molecule has 1 aliphatic heterocycles. The Balaban J connectivity index is 1.69. The first-order valence-electron chi connectivity index (χ1n) is 8.64. The van der Waals surface area contributed by atoms with E-state index >= 15 is 0 Å². The van der Waals surface area contributed by atoms with Crippen LogP contribution in [0, 0.1) is 11.6 Å². The number of benzene rings is 2. The molecule has 0 amide bonds. The molecular formula is C20H24F2N2. The highest BCUT2D eigenvalue weighted by atomic mass is 19.1. The van der Waals surface area contributed by atoms with Gasteiger partial charge in [0.25, 0.3) is 0 Å².